The Morgan fingerprint density at radius 1 is 1.24 bits per heavy atom. The van der Waals surface area contributed by atoms with Gasteiger partial charge in [0.05, 0.1) is 0 Å². The van der Waals surface area contributed by atoms with Crippen molar-refractivity contribution in [3.63, 3.8) is 0 Å². The van der Waals surface area contributed by atoms with Crippen molar-refractivity contribution in [1.82, 2.24) is 4.90 Å². The highest BCUT2D eigenvalue weighted by Gasteiger charge is 2.20. The predicted octanol–water partition coefficient (Wildman–Crippen LogP) is 3.52. The summed E-state index contributed by atoms with van der Waals surface area (Å²) in [5.41, 5.74) is 0. The molecule has 0 N–H and O–H groups in total. The second kappa shape index (κ2) is 8.84. The zero-order chi connectivity index (χ0) is 12.5. The quantitative estimate of drug-likeness (QED) is 0.692. The molecule has 1 rings (SSSR count). The molecule has 1 aliphatic carbocycles. The number of unbranched alkanes of at least 4 members (excludes halogenated alkanes) is 1. The van der Waals surface area contributed by atoms with E-state index < -0.39 is 0 Å². The summed E-state index contributed by atoms with van der Waals surface area (Å²) in [7, 11) is 0. The second-order valence-corrected chi connectivity index (χ2v) is 5.61. The second-order valence-electron chi connectivity index (χ2n) is 5.17. The third-order valence-corrected chi connectivity index (χ3v) is 3.89. The van der Waals surface area contributed by atoms with E-state index in [1.165, 1.54) is 32.1 Å². The van der Waals surface area contributed by atoms with Gasteiger partial charge in [0.2, 0.25) is 5.91 Å². The molecule has 0 aromatic carbocycles. The van der Waals surface area contributed by atoms with E-state index in [9.17, 15) is 4.79 Å². The van der Waals surface area contributed by atoms with Crippen LogP contribution < -0.4 is 0 Å². The Morgan fingerprint density at radius 3 is 2.53 bits per heavy atom. The molecule has 0 aliphatic heterocycles. The summed E-state index contributed by atoms with van der Waals surface area (Å²) >= 11 is 4.25. The van der Waals surface area contributed by atoms with Crippen molar-refractivity contribution in [2.45, 2.75) is 58.3 Å². The van der Waals surface area contributed by atoms with E-state index in [1.54, 1.807) is 0 Å². The van der Waals surface area contributed by atoms with E-state index in [0.717, 1.165) is 38.1 Å². The molecule has 1 aliphatic rings. The highest BCUT2D eigenvalue weighted by atomic mass is 32.1. The lowest BCUT2D eigenvalue weighted by Crippen LogP contribution is -2.35. The summed E-state index contributed by atoms with van der Waals surface area (Å²) < 4.78 is 0. The first kappa shape index (κ1) is 14.9. The van der Waals surface area contributed by atoms with Crippen LogP contribution in [-0.2, 0) is 4.79 Å². The van der Waals surface area contributed by atoms with E-state index >= 15 is 0 Å². The molecule has 0 bridgehead atoms. The molecule has 1 amide bonds. The summed E-state index contributed by atoms with van der Waals surface area (Å²) in [6.45, 7) is 3.90. The zero-order valence-electron chi connectivity index (χ0n) is 11.2. The van der Waals surface area contributed by atoms with Crippen molar-refractivity contribution in [3.8, 4) is 0 Å². The van der Waals surface area contributed by atoms with E-state index in [0.29, 0.717) is 11.8 Å². The van der Waals surface area contributed by atoms with E-state index in [4.69, 9.17) is 0 Å². The molecule has 0 aromatic heterocycles. The molecule has 2 nitrogen and oxygen atoms in total. The molecule has 0 heterocycles. The van der Waals surface area contributed by atoms with Crippen LogP contribution >= 0.6 is 12.6 Å². The van der Waals surface area contributed by atoms with Crippen LogP contribution in [0.4, 0.5) is 0 Å². The topological polar surface area (TPSA) is 20.3 Å². The van der Waals surface area contributed by atoms with Crippen molar-refractivity contribution in [3.05, 3.63) is 0 Å². The van der Waals surface area contributed by atoms with Crippen LogP contribution in [0.1, 0.15) is 58.3 Å². The Bertz CT molecular complexity index is 214. The van der Waals surface area contributed by atoms with Gasteiger partial charge in [0.15, 0.2) is 0 Å². The first-order chi connectivity index (χ1) is 8.27. The summed E-state index contributed by atoms with van der Waals surface area (Å²) in [5.74, 6) is 1.79. The average molecular weight is 257 g/mol. The van der Waals surface area contributed by atoms with Crippen LogP contribution in [0.25, 0.3) is 0 Å². The molecule has 0 radical (unpaired) electrons. The van der Waals surface area contributed by atoms with Crippen molar-refractivity contribution in [2.24, 2.45) is 5.92 Å². The van der Waals surface area contributed by atoms with Crippen molar-refractivity contribution < 1.29 is 4.79 Å². The highest BCUT2D eigenvalue weighted by Crippen LogP contribution is 2.26. The third kappa shape index (κ3) is 5.80. The van der Waals surface area contributed by atoms with Gasteiger partial charge in [0.1, 0.15) is 0 Å². The Labute approximate surface area is 112 Å². The van der Waals surface area contributed by atoms with E-state index in [2.05, 4.69) is 19.6 Å². The first-order valence-electron chi connectivity index (χ1n) is 7.16. The molecule has 1 saturated carbocycles. The smallest absolute Gasteiger partial charge is 0.222 e. The van der Waals surface area contributed by atoms with Gasteiger partial charge in [0.25, 0.3) is 0 Å². The Hall–Kier alpha value is -0.180. The SMILES string of the molecule is CCCCN(CCS)C(=O)CC1CCCCC1. The van der Waals surface area contributed by atoms with Gasteiger partial charge >= 0.3 is 0 Å². The minimum Gasteiger partial charge on any atom is -0.342 e. The minimum absolute atomic E-state index is 0.361. The van der Waals surface area contributed by atoms with Gasteiger partial charge in [-0.25, -0.2) is 0 Å². The molecular weight excluding hydrogens is 230 g/mol. The molecule has 3 heteroatoms. The fraction of sp³-hybridized carbons (Fsp3) is 0.929. The normalized spacial score (nSPS) is 17.1. The van der Waals surface area contributed by atoms with Crippen molar-refractivity contribution >= 4 is 18.5 Å². The van der Waals surface area contributed by atoms with Crippen molar-refractivity contribution in [2.75, 3.05) is 18.8 Å². The van der Waals surface area contributed by atoms with Crippen LogP contribution in [0.2, 0.25) is 0 Å². The fourth-order valence-corrected chi connectivity index (χ4v) is 2.84. The lowest BCUT2D eigenvalue weighted by Gasteiger charge is -2.26. The van der Waals surface area contributed by atoms with Crippen LogP contribution in [0.5, 0.6) is 0 Å². The zero-order valence-corrected chi connectivity index (χ0v) is 12.1. The Balaban J connectivity index is 2.34. The maximum absolute atomic E-state index is 12.2. The number of nitrogens with zero attached hydrogens (tertiary/aromatic N) is 1. The molecule has 0 atom stereocenters. The van der Waals surface area contributed by atoms with Gasteiger partial charge in [0, 0.05) is 25.3 Å². The van der Waals surface area contributed by atoms with Gasteiger partial charge in [-0.3, -0.25) is 4.79 Å². The molecule has 1 fully saturated rings. The number of rotatable bonds is 7. The maximum atomic E-state index is 12.2. The summed E-state index contributed by atoms with van der Waals surface area (Å²) in [4.78, 5) is 14.2. The van der Waals surface area contributed by atoms with Crippen molar-refractivity contribution in [1.29, 1.82) is 0 Å². The van der Waals surface area contributed by atoms with Gasteiger partial charge in [-0.1, -0.05) is 32.6 Å². The largest absolute Gasteiger partial charge is 0.342 e. The monoisotopic (exact) mass is 257 g/mol. The van der Waals surface area contributed by atoms with E-state index in [1.807, 2.05) is 4.90 Å². The van der Waals surface area contributed by atoms with Crippen LogP contribution in [0.15, 0.2) is 0 Å². The molecule has 0 aromatic rings. The third-order valence-electron chi connectivity index (χ3n) is 3.69. The lowest BCUT2D eigenvalue weighted by atomic mass is 9.86. The number of thiol groups is 1. The summed E-state index contributed by atoms with van der Waals surface area (Å²) in [6, 6.07) is 0. The maximum Gasteiger partial charge on any atom is 0.222 e. The van der Waals surface area contributed by atoms with Crippen LogP contribution in [-0.4, -0.2) is 29.6 Å². The average Bonchev–Trinajstić information content (AvgIpc) is 2.35. The number of carbonyl (C=O) groups excluding carboxylic acids is 1. The number of hydrogen-bond acceptors (Lipinski definition) is 2. The number of amides is 1. The lowest BCUT2D eigenvalue weighted by molar-refractivity contribution is -0.132. The highest BCUT2D eigenvalue weighted by molar-refractivity contribution is 7.80. The van der Waals surface area contributed by atoms with Gasteiger partial charge in [-0.15, -0.1) is 0 Å². The molecule has 17 heavy (non-hydrogen) atoms. The molecule has 0 spiro atoms. The molecular formula is C14H27NOS. The van der Waals surface area contributed by atoms with Crippen LogP contribution in [0.3, 0.4) is 0 Å². The predicted molar refractivity (Wildman–Crippen MR) is 76.5 cm³/mol. The Morgan fingerprint density at radius 2 is 1.94 bits per heavy atom. The first-order valence-corrected chi connectivity index (χ1v) is 7.79. The summed E-state index contributed by atoms with van der Waals surface area (Å²) in [6.07, 6.45) is 9.56. The molecule has 0 saturated heterocycles. The van der Waals surface area contributed by atoms with Crippen LogP contribution in [0, 0.1) is 5.92 Å². The van der Waals surface area contributed by atoms with Gasteiger partial charge < -0.3 is 4.90 Å². The van der Waals surface area contributed by atoms with E-state index in [-0.39, 0.29) is 0 Å². The number of carbonyl (C=O) groups is 1. The Kier molecular flexibility index (Phi) is 7.74. The fourth-order valence-electron chi connectivity index (χ4n) is 2.60. The standard InChI is InChI=1S/C14H27NOS/c1-2-3-9-15(10-11-17)14(16)12-13-7-5-4-6-8-13/h13,17H,2-12H2,1H3. The van der Waals surface area contributed by atoms with Gasteiger partial charge in [-0.05, 0) is 25.2 Å². The number of hydrogen-bond donors (Lipinski definition) is 1. The summed E-state index contributed by atoms with van der Waals surface area (Å²) in [5, 5.41) is 0. The minimum atomic E-state index is 0.361. The molecule has 100 valence electrons. The van der Waals surface area contributed by atoms with Gasteiger partial charge in [-0.2, -0.15) is 12.6 Å². The molecule has 0 unspecified atom stereocenters.